The minimum Gasteiger partial charge on any atom is -0.491 e. The zero-order valence-corrected chi connectivity index (χ0v) is 15.2. The minimum absolute atomic E-state index is 0.209. The van der Waals surface area contributed by atoms with E-state index >= 15 is 0 Å². The lowest BCUT2D eigenvalue weighted by molar-refractivity contribution is 0.234. The van der Waals surface area contributed by atoms with Gasteiger partial charge >= 0.3 is 0 Å². The highest BCUT2D eigenvalue weighted by molar-refractivity contribution is 5.27. The molecule has 1 saturated heterocycles. The van der Waals surface area contributed by atoms with E-state index in [0.29, 0.717) is 12.0 Å². The highest BCUT2D eigenvalue weighted by Crippen LogP contribution is 2.34. The average molecular weight is 328 g/mol. The van der Waals surface area contributed by atoms with Gasteiger partial charge < -0.3 is 9.26 Å². The number of nitrogens with zero attached hydrogens (tertiary/aromatic N) is 2. The first-order valence-electron chi connectivity index (χ1n) is 8.99. The zero-order chi connectivity index (χ0) is 17.1. The van der Waals surface area contributed by atoms with Crippen LogP contribution in [0.5, 0.6) is 5.75 Å². The molecule has 0 amide bonds. The summed E-state index contributed by atoms with van der Waals surface area (Å²) in [7, 11) is 0. The summed E-state index contributed by atoms with van der Waals surface area (Å²) >= 11 is 0. The van der Waals surface area contributed by atoms with Gasteiger partial charge in [-0.25, -0.2) is 0 Å². The summed E-state index contributed by atoms with van der Waals surface area (Å²) in [5, 5.41) is 4.32. The van der Waals surface area contributed by atoms with Gasteiger partial charge in [-0.1, -0.05) is 31.1 Å². The molecule has 24 heavy (non-hydrogen) atoms. The Bertz CT molecular complexity index is 646. The third kappa shape index (κ3) is 3.99. The third-order valence-corrected chi connectivity index (χ3v) is 4.50. The molecule has 1 atom stereocenters. The maximum absolute atomic E-state index is 5.72. The van der Waals surface area contributed by atoms with Crippen molar-refractivity contribution < 1.29 is 9.26 Å². The van der Waals surface area contributed by atoms with E-state index in [4.69, 9.17) is 9.26 Å². The summed E-state index contributed by atoms with van der Waals surface area (Å²) in [4.78, 5) is 2.50. The Morgan fingerprint density at radius 2 is 1.96 bits per heavy atom. The predicted octanol–water partition coefficient (Wildman–Crippen LogP) is 4.92. The molecule has 0 spiro atoms. The topological polar surface area (TPSA) is 38.5 Å². The van der Waals surface area contributed by atoms with Gasteiger partial charge in [-0.15, -0.1) is 0 Å². The summed E-state index contributed by atoms with van der Waals surface area (Å²) in [5.41, 5.74) is 2.39. The molecule has 0 N–H and O–H groups in total. The molecule has 1 aromatic heterocycles. The van der Waals surface area contributed by atoms with Gasteiger partial charge in [0.2, 0.25) is 0 Å². The number of ether oxygens (including phenoxy) is 1. The summed E-state index contributed by atoms with van der Waals surface area (Å²) in [6.07, 6.45) is 2.57. The van der Waals surface area contributed by atoms with Crippen LogP contribution in [-0.4, -0.2) is 22.7 Å². The molecule has 0 unspecified atom stereocenters. The maximum Gasteiger partial charge on any atom is 0.139 e. The first kappa shape index (κ1) is 17.0. The van der Waals surface area contributed by atoms with Crippen molar-refractivity contribution in [2.24, 2.45) is 0 Å². The van der Waals surface area contributed by atoms with E-state index in [1.165, 1.54) is 12.0 Å². The molecule has 4 heteroatoms. The Balaban J connectivity index is 1.67. The normalized spacial score (nSPS) is 18.7. The maximum atomic E-state index is 5.72. The van der Waals surface area contributed by atoms with Crippen LogP contribution in [0.15, 0.2) is 34.9 Å². The molecular weight excluding hydrogens is 300 g/mol. The molecule has 0 aliphatic carbocycles. The number of aromatic nitrogens is 1. The second-order valence-electron chi connectivity index (χ2n) is 7.25. The number of likely N-dealkylation sites (tertiary alicyclic amines) is 1. The summed E-state index contributed by atoms with van der Waals surface area (Å²) in [6, 6.07) is 11.0. The van der Waals surface area contributed by atoms with Crippen molar-refractivity contribution in [3.8, 4) is 5.75 Å². The number of hydrogen-bond donors (Lipinski definition) is 0. The molecule has 2 heterocycles. The number of benzene rings is 1. The number of rotatable bonds is 6. The Morgan fingerprint density at radius 3 is 2.58 bits per heavy atom. The second-order valence-corrected chi connectivity index (χ2v) is 7.25. The van der Waals surface area contributed by atoms with E-state index in [1.54, 1.807) is 0 Å². The van der Waals surface area contributed by atoms with Gasteiger partial charge in [0.1, 0.15) is 17.2 Å². The van der Waals surface area contributed by atoms with Gasteiger partial charge in [0.05, 0.1) is 12.1 Å². The Morgan fingerprint density at radius 1 is 1.21 bits per heavy atom. The quantitative estimate of drug-likeness (QED) is 0.754. The molecule has 1 aliphatic rings. The van der Waals surface area contributed by atoms with Gasteiger partial charge in [0.25, 0.3) is 0 Å². The average Bonchev–Trinajstić information content (AvgIpc) is 3.17. The van der Waals surface area contributed by atoms with Gasteiger partial charge in [-0.3, -0.25) is 4.90 Å². The van der Waals surface area contributed by atoms with E-state index < -0.39 is 0 Å². The summed E-state index contributed by atoms with van der Waals surface area (Å²) in [5.74, 6) is 2.30. The lowest BCUT2D eigenvalue weighted by Crippen LogP contribution is -2.23. The fourth-order valence-corrected chi connectivity index (χ4v) is 3.26. The Labute approximate surface area is 144 Å². The van der Waals surface area contributed by atoms with Crippen molar-refractivity contribution in [3.63, 3.8) is 0 Å². The van der Waals surface area contributed by atoms with Crippen molar-refractivity contribution in [2.45, 2.75) is 65.1 Å². The molecule has 1 aliphatic heterocycles. The predicted molar refractivity (Wildman–Crippen MR) is 95.2 cm³/mol. The Kier molecular flexibility index (Phi) is 5.24. The van der Waals surface area contributed by atoms with E-state index in [1.807, 2.05) is 13.8 Å². The van der Waals surface area contributed by atoms with E-state index in [2.05, 4.69) is 54.2 Å². The summed E-state index contributed by atoms with van der Waals surface area (Å²) in [6.45, 7) is 10.4. The van der Waals surface area contributed by atoms with Gasteiger partial charge in [-0.05, 0) is 50.9 Å². The van der Waals surface area contributed by atoms with Crippen LogP contribution in [0.3, 0.4) is 0 Å². The monoisotopic (exact) mass is 328 g/mol. The van der Waals surface area contributed by atoms with Crippen LogP contribution in [0, 0.1) is 0 Å². The zero-order valence-electron chi connectivity index (χ0n) is 15.2. The Hall–Kier alpha value is -1.81. The van der Waals surface area contributed by atoms with E-state index in [9.17, 15) is 0 Å². The molecule has 0 saturated carbocycles. The molecule has 130 valence electrons. The van der Waals surface area contributed by atoms with E-state index in [-0.39, 0.29) is 6.10 Å². The number of hydrogen-bond acceptors (Lipinski definition) is 4. The second kappa shape index (κ2) is 7.39. The molecule has 4 nitrogen and oxygen atoms in total. The fraction of sp³-hybridized carbons (Fsp3) is 0.550. The molecular formula is C20H28N2O2. The highest BCUT2D eigenvalue weighted by Gasteiger charge is 2.29. The van der Waals surface area contributed by atoms with Gasteiger partial charge in [0, 0.05) is 18.5 Å². The van der Waals surface area contributed by atoms with Crippen molar-refractivity contribution >= 4 is 0 Å². The SMILES string of the molecule is CC(C)Oc1ccc(CN2CCC[C@@H]2c2cc(C(C)C)on2)cc1. The molecule has 1 fully saturated rings. The van der Waals surface area contributed by atoms with Crippen LogP contribution >= 0.6 is 0 Å². The van der Waals surface area contributed by atoms with Crippen molar-refractivity contribution in [2.75, 3.05) is 6.54 Å². The highest BCUT2D eigenvalue weighted by atomic mass is 16.5. The molecule has 0 radical (unpaired) electrons. The van der Waals surface area contributed by atoms with Gasteiger partial charge in [-0.2, -0.15) is 0 Å². The van der Waals surface area contributed by atoms with Crippen LogP contribution in [0.1, 0.15) is 69.5 Å². The van der Waals surface area contributed by atoms with Crippen LogP contribution in [0.4, 0.5) is 0 Å². The smallest absolute Gasteiger partial charge is 0.139 e. The van der Waals surface area contributed by atoms with E-state index in [0.717, 1.165) is 36.7 Å². The summed E-state index contributed by atoms with van der Waals surface area (Å²) < 4.78 is 11.2. The lowest BCUT2D eigenvalue weighted by Gasteiger charge is -2.22. The van der Waals surface area contributed by atoms with Crippen LogP contribution in [0.2, 0.25) is 0 Å². The standard InChI is InChI=1S/C20H28N2O2/c1-14(2)20-12-18(21-24-20)19-6-5-11-22(19)13-16-7-9-17(10-8-16)23-15(3)4/h7-10,12,14-15,19H,5-6,11,13H2,1-4H3/t19-/m1/s1. The molecule has 1 aromatic carbocycles. The first-order chi connectivity index (χ1) is 11.5. The molecule has 0 bridgehead atoms. The minimum atomic E-state index is 0.209. The van der Waals surface area contributed by atoms with Crippen LogP contribution < -0.4 is 4.74 Å². The first-order valence-corrected chi connectivity index (χ1v) is 8.99. The van der Waals surface area contributed by atoms with Crippen LogP contribution in [-0.2, 0) is 6.54 Å². The third-order valence-electron chi connectivity index (χ3n) is 4.50. The molecule has 2 aromatic rings. The van der Waals surface area contributed by atoms with Crippen molar-refractivity contribution in [1.29, 1.82) is 0 Å². The largest absolute Gasteiger partial charge is 0.491 e. The van der Waals surface area contributed by atoms with Crippen molar-refractivity contribution in [3.05, 3.63) is 47.3 Å². The lowest BCUT2D eigenvalue weighted by atomic mass is 10.1. The van der Waals surface area contributed by atoms with Crippen molar-refractivity contribution in [1.82, 2.24) is 10.1 Å². The van der Waals surface area contributed by atoms with Crippen LogP contribution in [0.25, 0.3) is 0 Å². The van der Waals surface area contributed by atoms with Gasteiger partial charge in [0.15, 0.2) is 0 Å². The fourth-order valence-electron chi connectivity index (χ4n) is 3.26. The molecule has 3 rings (SSSR count).